The SMILES string of the molecule is CC(C)c1ccc(NC(=O)NC2CCN(c3ccnc4cc(OCCCN5CCN(C)CC5)ccc34)CC2)cc1.CC(C)c1ccc(NC(=O)NC2CCN(c3ccnc4cc(OCCN5CCCC5=O)ccc34)CC2)cc1. The number of fused-ring (bicyclic) bond motifs is 2. The molecule has 6 aromatic rings. The van der Waals surface area contributed by atoms with Gasteiger partial charge in [-0.2, -0.15) is 0 Å². The third-order valence-electron chi connectivity index (χ3n) is 15.7. The second kappa shape index (κ2) is 26.9. The zero-order chi connectivity index (χ0) is 54.4. The fourth-order valence-corrected chi connectivity index (χ4v) is 10.9. The summed E-state index contributed by atoms with van der Waals surface area (Å²) in [5.41, 5.74) is 8.34. The van der Waals surface area contributed by atoms with E-state index in [1.54, 1.807) is 0 Å². The number of piperidine rings is 2. The number of likely N-dealkylation sites (tertiary alicyclic amines) is 1. The number of benzene rings is 4. The van der Waals surface area contributed by atoms with E-state index in [0.29, 0.717) is 31.4 Å². The molecule has 0 bridgehead atoms. The van der Waals surface area contributed by atoms with E-state index in [2.05, 4.69) is 146 Å². The minimum absolute atomic E-state index is 0.136. The molecule has 6 heterocycles. The summed E-state index contributed by atoms with van der Waals surface area (Å²) in [4.78, 5) is 57.7. The number of ether oxygens (including phenoxy) is 2. The lowest BCUT2D eigenvalue weighted by Crippen LogP contribution is -2.46. The van der Waals surface area contributed by atoms with Gasteiger partial charge >= 0.3 is 12.1 Å². The van der Waals surface area contributed by atoms with Gasteiger partial charge in [0.2, 0.25) is 5.91 Å². The van der Waals surface area contributed by atoms with Gasteiger partial charge in [-0.1, -0.05) is 52.0 Å². The average molecular weight is 1060 g/mol. The monoisotopic (exact) mass is 1060 g/mol. The highest BCUT2D eigenvalue weighted by molar-refractivity contribution is 5.94. The topological polar surface area (TPSA) is 160 Å². The van der Waals surface area contributed by atoms with Gasteiger partial charge < -0.3 is 55.2 Å². The van der Waals surface area contributed by atoms with Gasteiger partial charge in [0.05, 0.1) is 24.2 Å². The molecule has 0 spiro atoms. The molecule has 2 aromatic heterocycles. The van der Waals surface area contributed by atoms with Gasteiger partial charge in [0, 0.05) is 142 Å². The number of anilines is 4. The van der Waals surface area contributed by atoms with E-state index in [1.165, 1.54) is 16.8 Å². The molecule has 0 radical (unpaired) electrons. The van der Waals surface area contributed by atoms with Crippen LogP contribution in [0, 0.1) is 0 Å². The summed E-state index contributed by atoms with van der Waals surface area (Å²) in [5.74, 6) is 2.80. The molecule has 4 aliphatic heterocycles. The molecule has 0 unspecified atom stereocenters. The fraction of sp³-hybridized carbons (Fsp3) is 0.468. The number of rotatable bonds is 17. The molecule has 16 nitrogen and oxygen atoms in total. The molecule has 78 heavy (non-hydrogen) atoms. The first-order valence-corrected chi connectivity index (χ1v) is 28.5. The van der Waals surface area contributed by atoms with Crippen LogP contribution in [0.3, 0.4) is 0 Å². The van der Waals surface area contributed by atoms with E-state index in [0.717, 1.165) is 161 Å². The molecular weight excluding hydrogens is 979 g/mol. The summed E-state index contributed by atoms with van der Waals surface area (Å²) < 4.78 is 12.0. The molecule has 0 aliphatic carbocycles. The first kappa shape index (κ1) is 55.6. The zero-order valence-electron chi connectivity index (χ0n) is 46.5. The second-order valence-electron chi connectivity index (χ2n) is 22.0. The normalized spacial score (nSPS) is 16.9. The van der Waals surface area contributed by atoms with Gasteiger partial charge in [-0.15, -0.1) is 0 Å². The van der Waals surface area contributed by atoms with E-state index in [-0.39, 0.29) is 30.1 Å². The molecule has 414 valence electrons. The van der Waals surface area contributed by atoms with Crippen LogP contribution in [-0.4, -0.2) is 147 Å². The predicted molar refractivity (Wildman–Crippen MR) is 315 cm³/mol. The van der Waals surface area contributed by atoms with E-state index >= 15 is 0 Å². The molecule has 10 rings (SSSR count). The minimum atomic E-state index is -0.156. The van der Waals surface area contributed by atoms with Gasteiger partial charge in [-0.25, -0.2) is 9.59 Å². The molecule has 5 amide bonds. The van der Waals surface area contributed by atoms with Gasteiger partial charge in [0.25, 0.3) is 0 Å². The maximum atomic E-state index is 12.6. The highest BCUT2D eigenvalue weighted by Gasteiger charge is 2.25. The molecule has 4 aromatic carbocycles. The van der Waals surface area contributed by atoms with E-state index < -0.39 is 0 Å². The van der Waals surface area contributed by atoms with Gasteiger partial charge in [-0.3, -0.25) is 14.8 Å². The van der Waals surface area contributed by atoms with Crippen LogP contribution < -0.4 is 40.5 Å². The second-order valence-corrected chi connectivity index (χ2v) is 22.0. The van der Waals surface area contributed by atoms with Crippen molar-refractivity contribution in [3.8, 4) is 11.5 Å². The largest absolute Gasteiger partial charge is 0.493 e. The number of carbonyl (C=O) groups is 3. The Balaban J connectivity index is 0.000000190. The molecule has 16 heteroatoms. The van der Waals surface area contributed by atoms with Crippen molar-refractivity contribution in [3.63, 3.8) is 0 Å². The van der Waals surface area contributed by atoms with Crippen LogP contribution in [0.2, 0.25) is 0 Å². The van der Waals surface area contributed by atoms with Crippen molar-refractivity contribution in [1.29, 1.82) is 0 Å². The lowest BCUT2D eigenvalue weighted by atomic mass is 10.0. The van der Waals surface area contributed by atoms with Crippen molar-refractivity contribution in [2.75, 3.05) is 113 Å². The number of pyridine rings is 2. The first-order chi connectivity index (χ1) is 37.9. The van der Waals surface area contributed by atoms with Crippen LogP contribution in [-0.2, 0) is 4.79 Å². The molecule has 4 aliphatic rings. The third-order valence-corrected chi connectivity index (χ3v) is 15.7. The Kier molecular flexibility index (Phi) is 19.2. The summed E-state index contributed by atoms with van der Waals surface area (Å²) in [7, 11) is 2.19. The molecule has 4 fully saturated rings. The summed E-state index contributed by atoms with van der Waals surface area (Å²) in [6, 6.07) is 32.5. The van der Waals surface area contributed by atoms with Gasteiger partial charge in [0.1, 0.15) is 18.1 Å². The number of hydrogen-bond donors (Lipinski definition) is 4. The standard InChI is InChI=1S/C32H44N6O2.C30H37N5O3/c1-24(2)25-5-7-26(8-6-25)34-32(39)35-27-12-16-38(17-13-27)31-11-14-33-30-23-28(9-10-29(30)31)40-22-4-15-37-20-18-36(3)19-21-37;1-21(2)22-5-7-23(8-6-22)32-30(37)33-24-12-16-34(17-13-24)28-11-14-31-27-20-25(9-10-26(27)28)38-19-18-35-15-3-4-29(35)36/h5-11,14,23-24,27H,4,12-13,15-22H2,1-3H3,(H2,34,35,39);5-11,14,20-21,24H,3-4,12-13,15-19H2,1-2H3,(H2,32,33,37). The van der Waals surface area contributed by atoms with Crippen molar-refractivity contribution in [3.05, 3.63) is 121 Å². The number of aromatic nitrogens is 2. The highest BCUT2D eigenvalue weighted by Crippen LogP contribution is 2.32. The van der Waals surface area contributed by atoms with Crippen LogP contribution in [0.5, 0.6) is 11.5 Å². The Bertz CT molecular complexity index is 2910. The van der Waals surface area contributed by atoms with E-state index in [1.807, 2.05) is 53.7 Å². The van der Waals surface area contributed by atoms with Crippen LogP contribution in [0.15, 0.2) is 109 Å². The molecule has 4 saturated heterocycles. The minimum Gasteiger partial charge on any atom is -0.493 e. The Labute approximate surface area is 461 Å². The number of carbonyl (C=O) groups excluding carboxylic acids is 3. The van der Waals surface area contributed by atoms with Crippen LogP contribution in [0.4, 0.5) is 32.3 Å². The number of likely N-dealkylation sites (N-methyl/N-ethyl adjacent to an activating group) is 1. The Morgan fingerprint density at radius 3 is 1.50 bits per heavy atom. The quantitative estimate of drug-likeness (QED) is 0.0644. The summed E-state index contributed by atoms with van der Waals surface area (Å²) >= 11 is 0. The summed E-state index contributed by atoms with van der Waals surface area (Å²) in [5, 5.41) is 14.5. The lowest BCUT2D eigenvalue weighted by molar-refractivity contribution is -0.128. The highest BCUT2D eigenvalue weighted by atomic mass is 16.5. The Morgan fingerprint density at radius 2 is 1.05 bits per heavy atom. The first-order valence-electron chi connectivity index (χ1n) is 28.5. The number of piperazine rings is 1. The fourth-order valence-electron chi connectivity index (χ4n) is 10.9. The van der Waals surface area contributed by atoms with Crippen LogP contribution in [0.1, 0.15) is 95.6 Å². The van der Waals surface area contributed by atoms with Gasteiger partial charge in [0.15, 0.2) is 0 Å². The molecule has 4 N–H and O–H groups in total. The third kappa shape index (κ3) is 15.3. The maximum Gasteiger partial charge on any atom is 0.319 e. The van der Waals surface area contributed by atoms with Crippen molar-refractivity contribution < 1.29 is 23.9 Å². The van der Waals surface area contributed by atoms with Crippen molar-refractivity contribution in [2.24, 2.45) is 0 Å². The summed E-state index contributed by atoms with van der Waals surface area (Å²) in [6.07, 6.45) is 9.89. The molecule has 0 atom stereocenters. The maximum absolute atomic E-state index is 12.6. The number of nitrogens with one attached hydrogen (secondary N) is 4. The van der Waals surface area contributed by atoms with Crippen molar-refractivity contribution in [2.45, 2.75) is 96.6 Å². The average Bonchev–Trinajstić information content (AvgIpc) is 3.91. The van der Waals surface area contributed by atoms with Crippen LogP contribution in [0.25, 0.3) is 21.8 Å². The predicted octanol–water partition coefficient (Wildman–Crippen LogP) is 10.3. The lowest BCUT2D eigenvalue weighted by Gasteiger charge is -2.34. The van der Waals surface area contributed by atoms with E-state index in [9.17, 15) is 14.4 Å². The number of nitrogens with zero attached hydrogens (tertiary/aromatic N) is 7. The number of urea groups is 2. The molecule has 0 saturated carbocycles. The van der Waals surface area contributed by atoms with Gasteiger partial charge in [-0.05, 0) is 129 Å². The smallest absolute Gasteiger partial charge is 0.319 e. The summed E-state index contributed by atoms with van der Waals surface area (Å²) in [6.45, 7) is 20.5. The molecular formula is C62H81N11O5. The number of amides is 5. The van der Waals surface area contributed by atoms with Crippen molar-refractivity contribution >= 4 is 62.5 Å². The van der Waals surface area contributed by atoms with E-state index in [4.69, 9.17) is 9.47 Å². The Hall–Kier alpha value is -7.17. The zero-order valence-corrected chi connectivity index (χ0v) is 46.5. The van der Waals surface area contributed by atoms with Crippen molar-refractivity contribution in [1.82, 2.24) is 35.3 Å². The van der Waals surface area contributed by atoms with Crippen LogP contribution >= 0.6 is 0 Å². The number of hydrogen-bond acceptors (Lipinski definition) is 11. The Morgan fingerprint density at radius 1 is 0.577 bits per heavy atom.